The molecule has 0 aliphatic carbocycles. The van der Waals surface area contributed by atoms with Gasteiger partial charge in [0.2, 0.25) is 5.91 Å². The van der Waals surface area contributed by atoms with Crippen molar-refractivity contribution in [3.8, 4) is 5.75 Å². The fourth-order valence-corrected chi connectivity index (χ4v) is 5.63. The molecular weight excluding hydrogens is 600 g/mol. The second-order valence-corrected chi connectivity index (χ2v) is 11.4. The average Bonchev–Trinajstić information content (AvgIpc) is 3.43. The van der Waals surface area contributed by atoms with Crippen molar-refractivity contribution in [3.05, 3.63) is 120 Å². The molecule has 1 aromatic heterocycles. The van der Waals surface area contributed by atoms with E-state index in [1.807, 2.05) is 25.1 Å². The molecule has 222 valence electrons. The van der Waals surface area contributed by atoms with Gasteiger partial charge in [-0.2, -0.15) is 0 Å². The maximum atomic E-state index is 13.4. The zero-order chi connectivity index (χ0) is 30.9. The SMILES string of the molecule is CCOc1ccc2nc(NC(=O)CSc3ccc(NC(=O)/C(=C/c4ccc(F)cc4)NC(=O)c4ccccc4)cc3)sc2c1. The monoisotopic (exact) mass is 626 g/mol. The molecular formula is C33H27FN4O4S2. The Balaban J connectivity index is 1.19. The predicted octanol–water partition coefficient (Wildman–Crippen LogP) is 6.97. The first kappa shape index (κ1) is 30.5. The van der Waals surface area contributed by atoms with Crippen molar-refractivity contribution in [2.75, 3.05) is 23.0 Å². The molecule has 3 amide bonds. The van der Waals surface area contributed by atoms with Crippen molar-refractivity contribution in [2.45, 2.75) is 11.8 Å². The number of halogens is 1. The molecule has 3 N–H and O–H groups in total. The van der Waals surface area contributed by atoms with Crippen LogP contribution in [-0.2, 0) is 9.59 Å². The van der Waals surface area contributed by atoms with E-state index in [1.54, 1.807) is 54.6 Å². The number of ether oxygens (including phenoxy) is 1. The van der Waals surface area contributed by atoms with Crippen molar-refractivity contribution in [3.63, 3.8) is 0 Å². The Labute approximate surface area is 261 Å². The van der Waals surface area contributed by atoms with E-state index in [0.29, 0.717) is 28.6 Å². The molecule has 4 aromatic carbocycles. The van der Waals surface area contributed by atoms with Crippen molar-refractivity contribution in [1.29, 1.82) is 0 Å². The largest absolute Gasteiger partial charge is 0.494 e. The fourth-order valence-electron chi connectivity index (χ4n) is 4.02. The summed E-state index contributed by atoms with van der Waals surface area (Å²) in [4.78, 5) is 43.8. The number of rotatable bonds is 11. The highest BCUT2D eigenvalue weighted by molar-refractivity contribution is 8.00. The minimum Gasteiger partial charge on any atom is -0.494 e. The van der Waals surface area contributed by atoms with Crippen LogP contribution in [0, 0.1) is 5.82 Å². The van der Waals surface area contributed by atoms with E-state index in [0.717, 1.165) is 20.9 Å². The zero-order valence-electron chi connectivity index (χ0n) is 23.5. The van der Waals surface area contributed by atoms with Crippen LogP contribution in [0.1, 0.15) is 22.8 Å². The molecule has 8 nitrogen and oxygen atoms in total. The summed E-state index contributed by atoms with van der Waals surface area (Å²) >= 11 is 2.72. The number of thiazole rings is 1. The smallest absolute Gasteiger partial charge is 0.272 e. The lowest BCUT2D eigenvalue weighted by Crippen LogP contribution is -2.30. The molecule has 0 bridgehead atoms. The summed E-state index contributed by atoms with van der Waals surface area (Å²) in [5.74, 6) is -0.690. The number of nitrogens with zero attached hydrogens (tertiary/aromatic N) is 1. The minimum absolute atomic E-state index is 0.00968. The zero-order valence-corrected chi connectivity index (χ0v) is 25.1. The van der Waals surface area contributed by atoms with Crippen LogP contribution in [0.4, 0.5) is 15.2 Å². The molecule has 11 heteroatoms. The second kappa shape index (κ2) is 14.5. The van der Waals surface area contributed by atoms with Crippen LogP contribution < -0.4 is 20.7 Å². The Morgan fingerprint density at radius 2 is 1.68 bits per heavy atom. The van der Waals surface area contributed by atoms with Gasteiger partial charge in [0, 0.05) is 16.1 Å². The van der Waals surface area contributed by atoms with Crippen LogP contribution in [0.3, 0.4) is 0 Å². The molecule has 44 heavy (non-hydrogen) atoms. The molecule has 0 saturated heterocycles. The van der Waals surface area contributed by atoms with Gasteiger partial charge in [0.25, 0.3) is 11.8 Å². The van der Waals surface area contributed by atoms with E-state index in [2.05, 4.69) is 20.9 Å². The van der Waals surface area contributed by atoms with Crippen LogP contribution in [0.5, 0.6) is 5.75 Å². The van der Waals surface area contributed by atoms with Crippen molar-refractivity contribution in [1.82, 2.24) is 10.3 Å². The number of fused-ring (bicyclic) bond motifs is 1. The minimum atomic E-state index is -0.553. The van der Waals surface area contributed by atoms with Gasteiger partial charge < -0.3 is 20.7 Å². The van der Waals surface area contributed by atoms with Crippen LogP contribution in [0.2, 0.25) is 0 Å². The van der Waals surface area contributed by atoms with E-state index < -0.39 is 17.6 Å². The number of aromatic nitrogens is 1. The molecule has 1 heterocycles. The summed E-state index contributed by atoms with van der Waals surface area (Å²) in [5, 5.41) is 8.79. The van der Waals surface area contributed by atoms with Gasteiger partial charge in [-0.05, 0) is 85.3 Å². The van der Waals surface area contributed by atoms with Gasteiger partial charge in [-0.15, -0.1) is 11.8 Å². The number of nitrogens with one attached hydrogen (secondary N) is 3. The molecule has 0 fully saturated rings. The Morgan fingerprint density at radius 3 is 2.41 bits per heavy atom. The van der Waals surface area contributed by atoms with Crippen molar-refractivity contribution >= 4 is 67.9 Å². The Morgan fingerprint density at radius 1 is 0.932 bits per heavy atom. The van der Waals surface area contributed by atoms with Crippen molar-refractivity contribution in [2.24, 2.45) is 0 Å². The quantitative estimate of drug-likeness (QED) is 0.108. The molecule has 0 atom stereocenters. The first-order valence-electron chi connectivity index (χ1n) is 13.6. The third-order valence-corrected chi connectivity index (χ3v) is 8.05. The number of carbonyl (C=O) groups excluding carboxylic acids is 3. The summed E-state index contributed by atoms with van der Waals surface area (Å²) in [7, 11) is 0. The van der Waals surface area contributed by atoms with Crippen LogP contribution in [0.25, 0.3) is 16.3 Å². The molecule has 0 spiro atoms. The Kier molecular flexibility index (Phi) is 10.0. The van der Waals surface area contributed by atoms with Gasteiger partial charge in [-0.1, -0.05) is 41.7 Å². The van der Waals surface area contributed by atoms with Crippen molar-refractivity contribution < 1.29 is 23.5 Å². The highest BCUT2D eigenvalue weighted by Crippen LogP contribution is 2.30. The molecule has 5 aromatic rings. The number of amides is 3. The Bertz CT molecular complexity index is 1810. The van der Waals surface area contributed by atoms with Gasteiger partial charge in [0.1, 0.15) is 17.3 Å². The summed E-state index contributed by atoms with van der Waals surface area (Å²) in [5.41, 5.74) is 2.19. The summed E-state index contributed by atoms with van der Waals surface area (Å²) in [6.45, 7) is 2.49. The lowest BCUT2D eigenvalue weighted by atomic mass is 10.1. The van der Waals surface area contributed by atoms with Gasteiger partial charge in [0.15, 0.2) is 5.13 Å². The number of anilines is 2. The van der Waals surface area contributed by atoms with Gasteiger partial charge >= 0.3 is 0 Å². The molecule has 0 radical (unpaired) electrons. The van der Waals surface area contributed by atoms with Gasteiger partial charge in [-0.25, -0.2) is 9.37 Å². The van der Waals surface area contributed by atoms with E-state index in [4.69, 9.17) is 4.74 Å². The topological polar surface area (TPSA) is 109 Å². The lowest BCUT2D eigenvalue weighted by molar-refractivity contribution is -0.114. The first-order valence-corrected chi connectivity index (χ1v) is 15.4. The lowest BCUT2D eigenvalue weighted by Gasteiger charge is -2.12. The molecule has 0 aliphatic heterocycles. The number of thioether (sulfide) groups is 1. The normalized spacial score (nSPS) is 11.2. The van der Waals surface area contributed by atoms with E-state index in [9.17, 15) is 18.8 Å². The highest BCUT2D eigenvalue weighted by Gasteiger charge is 2.16. The van der Waals surface area contributed by atoms with E-state index >= 15 is 0 Å². The number of benzene rings is 4. The van der Waals surface area contributed by atoms with Crippen LogP contribution >= 0.6 is 23.1 Å². The number of hydrogen-bond acceptors (Lipinski definition) is 7. The summed E-state index contributed by atoms with van der Waals surface area (Å²) in [6.07, 6.45) is 1.47. The van der Waals surface area contributed by atoms with E-state index in [1.165, 1.54) is 53.4 Å². The maximum absolute atomic E-state index is 13.4. The third-order valence-electron chi connectivity index (χ3n) is 6.11. The molecule has 5 rings (SSSR count). The summed E-state index contributed by atoms with van der Waals surface area (Å²) in [6, 6.07) is 26.7. The Hall–Kier alpha value is -5.00. The van der Waals surface area contributed by atoms with Gasteiger partial charge in [-0.3, -0.25) is 14.4 Å². The predicted molar refractivity (Wildman–Crippen MR) is 173 cm³/mol. The standard InChI is InChI=1S/C33H27FN4O4S2/c1-2-42-25-14-17-27-29(19-25)44-33(37-27)38-30(39)20-43-26-15-12-24(13-16-26)35-32(41)28(18-21-8-10-23(34)11-9-21)36-31(40)22-6-4-3-5-7-22/h3-19H,2,20H2,1H3,(H,35,41)(H,36,40)(H,37,38,39)/b28-18-. The second-order valence-electron chi connectivity index (χ2n) is 9.33. The van der Waals surface area contributed by atoms with Gasteiger partial charge in [0.05, 0.1) is 22.6 Å². The number of carbonyl (C=O) groups is 3. The average molecular weight is 627 g/mol. The first-order chi connectivity index (χ1) is 21.4. The summed E-state index contributed by atoms with van der Waals surface area (Å²) < 4.78 is 19.9. The fraction of sp³-hybridized carbons (Fsp3) is 0.0909. The van der Waals surface area contributed by atoms with E-state index in [-0.39, 0.29) is 17.4 Å². The molecule has 0 aliphatic rings. The third kappa shape index (κ3) is 8.30. The van der Waals surface area contributed by atoms with Crippen LogP contribution in [-0.4, -0.2) is 35.1 Å². The molecule has 0 unspecified atom stereocenters. The maximum Gasteiger partial charge on any atom is 0.272 e. The molecule has 0 saturated carbocycles. The number of hydrogen-bond donors (Lipinski definition) is 3. The highest BCUT2D eigenvalue weighted by atomic mass is 32.2. The van der Waals surface area contributed by atoms with Crippen LogP contribution in [0.15, 0.2) is 108 Å².